The van der Waals surface area contributed by atoms with Gasteiger partial charge in [0.1, 0.15) is 2.74 Å². The van der Waals surface area contributed by atoms with E-state index in [4.69, 9.17) is 0 Å². The Morgan fingerprint density at radius 2 is 1.54 bits per heavy atom. The molecule has 1 spiro atoms. The standard InChI is InChI=1S/C8H9S4.W/c1-5-4-9-8(10-5)11-6(2)7(3)12-8;/h1-3H3;/q-1;. The van der Waals surface area contributed by atoms with Crippen LogP contribution in [0.4, 0.5) is 0 Å². The first-order chi connectivity index (χ1) is 5.61. The molecule has 0 bridgehead atoms. The fourth-order valence-corrected chi connectivity index (χ4v) is 7.96. The van der Waals surface area contributed by atoms with E-state index in [0.29, 0.717) is 0 Å². The first-order valence-corrected chi connectivity index (χ1v) is 6.90. The zero-order valence-electron chi connectivity index (χ0n) is 7.54. The zero-order chi connectivity index (χ0) is 8.77. The van der Waals surface area contributed by atoms with E-state index in [9.17, 15) is 0 Å². The number of hydrogen-bond acceptors (Lipinski definition) is 4. The summed E-state index contributed by atoms with van der Waals surface area (Å²) < 4.78 is 0.248. The molecular formula is C8H9S4W-. The normalized spacial score (nSPS) is 25.0. The van der Waals surface area contributed by atoms with Gasteiger partial charge in [-0.25, -0.2) is 0 Å². The van der Waals surface area contributed by atoms with Gasteiger partial charge in [0.05, 0.1) is 0 Å². The molecule has 0 saturated carbocycles. The van der Waals surface area contributed by atoms with Crippen molar-refractivity contribution in [3.05, 3.63) is 20.1 Å². The third-order valence-electron chi connectivity index (χ3n) is 1.65. The maximum absolute atomic E-state index is 3.32. The Balaban J connectivity index is 0.000000845. The second-order valence-corrected chi connectivity index (χ2v) is 9.54. The first kappa shape index (κ1) is 12.6. The monoisotopic (exact) mass is 417 g/mol. The van der Waals surface area contributed by atoms with Crippen LogP contribution < -0.4 is 0 Å². The Kier molecular flexibility index (Phi) is 4.48. The van der Waals surface area contributed by atoms with E-state index in [2.05, 4.69) is 26.2 Å². The average molecular weight is 417 g/mol. The molecule has 0 radical (unpaired) electrons. The van der Waals surface area contributed by atoms with E-state index in [0.717, 1.165) is 0 Å². The number of rotatable bonds is 0. The van der Waals surface area contributed by atoms with Crippen LogP contribution >= 0.6 is 47.0 Å². The molecule has 0 fully saturated rings. The van der Waals surface area contributed by atoms with Gasteiger partial charge < -0.3 is 17.2 Å². The van der Waals surface area contributed by atoms with Gasteiger partial charge in [0.2, 0.25) is 0 Å². The van der Waals surface area contributed by atoms with E-state index in [1.165, 1.54) is 14.7 Å². The van der Waals surface area contributed by atoms with E-state index in [-0.39, 0.29) is 23.8 Å². The summed E-state index contributed by atoms with van der Waals surface area (Å²) in [6.45, 7) is 6.55. The Hall–Kier alpha value is 1.57. The van der Waals surface area contributed by atoms with Gasteiger partial charge in [-0.15, -0.1) is 11.8 Å². The van der Waals surface area contributed by atoms with Gasteiger partial charge in [-0.05, 0) is 23.7 Å². The maximum Gasteiger partial charge on any atom is 0.135 e. The Bertz CT molecular complexity index is 268. The van der Waals surface area contributed by atoms with Gasteiger partial charge in [0, 0.05) is 21.1 Å². The predicted octanol–water partition coefficient (Wildman–Crippen LogP) is 4.47. The number of hydrogen-bond donors (Lipinski definition) is 0. The third-order valence-corrected chi connectivity index (χ3v) is 7.95. The molecule has 2 rings (SSSR count). The van der Waals surface area contributed by atoms with Gasteiger partial charge in [-0.3, -0.25) is 0 Å². The minimum atomic E-state index is 0. The summed E-state index contributed by atoms with van der Waals surface area (Å²) in [5.41, 5.74) is 0. The van der Waals surface area contributed by atoms with E-state index >= 15 is 0 Å². The van der Waals surface area contributed by atoms with Crippen molar-refractivity contribution in [2.75, 3.05) is 0 Å². The minimum Gasteiger partial charge on any atom is -0.420 e. The molecule has 5 heteroatoms. The summed E-state index contributed by atoms with van der Waals surface area (Å²) in [6, 6.07) is 0. The third kappa shape index (κ3) is 2.57. The van der Waals surface area contributed by atoms with Crippen molar-refractivity contribution in [3.63, 3.8) is 0 Å². The smallest absolute Gasteiger partial charge is 0.135 e. The Morgan fingerprint density at radius 1 is 1.00 bits per heavy atom. The molecule has 0 aliphatic carbocycles. The summed E-state index contributed by atoms with van der Waals surface area (Å²) in [6.07, 6.45) is 0. The molecule has 0 aromatic rings. The average Bonchev–Trinajstić information content (AvgIpc) is 2.42. The molecule has 0 unspecified atom stereocenters. The molecule has 0 aromatic carbocycles. The van der Waals surface area contributed by atoms with E-state index in [1.54, 1.807) is 0 Å². The first-order valence-electron chi connectivity index (χ1n) is 3.63. The molecule has 0 amide bonds. The SMILES string of the molecule is CC1=[C-]SC2(S1)SC(C)=C(C)S2.[W]. The molecule has 0 N–H and O–H groups in total. The summed E-state index contributed by atoms with van der Waals surface area (Å²) in [7, 11) is 0. The van der Waals surface area contributed by atoms with Crippen molar-refractivity contribution in [3.8, 4) is 0 Å². The van der Waals surface area contributed by atoms with Crippen molar-refractivity contribution in [1.82, 2.24) is 0 Å². The van der Waals surface area contributed by atoms with Crippen LogP contribution in [-0.2, 0) is 21.1 Å². The van der Waals surface area contributed by atoms with Crippen molar-refractivity contribution in [2.45, 2.75) is 23.5 Å². The largest absolute Gasteiger partial charge is 0.420 e. The van der Waals surface area contributed by atoms with Crippen LogP contribution in [0.1, 0.15) is 20.8 Å². The molecule has 13 heavy (non-hydrogen) atoms. The molecule has 2 heterocycles. The maximum atomic E-state index is 3.32. The molecule has 0 aromatic heterocycles. The second-order valence-electron chi connectivity index (χ2n) is 2.68. The molecule has 0 nitrogen and oxygen atoms in total. The predicted molar refractivity (Wildman–Crippen MR) is 63.9 cm³/mol. The van der Waals surface area contributed by atoms with Crippen molar-refractivity contribution < 1.29 is 21.1 Å². The molecule has 0 saturated heterocycles. The number of allylic oxidation sites excluding steroid dienone is 3. The Labute approximate surface area is 111 Å². The topological polar surface area (TPSA) is 0 Å². The van der Waals surface area contributed by atoms with Crippen LogP contribution in [0, 0.1) is 5.41 Å². The second kappa shape index (κ2) is 4.61. The van der Waals surface area contributed by atoms with Gasteiger partial charge in [-0.1, -0.05) is 30.4 Å². The summed E-state index contributed by atoms with van der Waals surface area (Å²) in [5.74, 6) is 0. The van der Waals surface area contributed by atoms with Crippen LogP contribution in [0.3, 0.4) is 0 Å². The van der Waals surface area contributed by atoms with Gasteiger partial charge in [-0.2, -0.15) is 4.91 Å². The van der Waals surface area contributed by atoms with Gasteiger partial charge >= 0.3 is 0 Å². The van der Waals surface area contributed by atoms with Crippen LogP contribution in [0.25, 0.3) is 0 Å². The van der Waals surface area contributed by atoms with Crippen molar-refractivity contribution >= 4 is 47.0 Å². The van der Waals surface area contributed by atoms with Gasteiger partial charge in [0.15, 0.2) is 0 Å². The zero-order valence-corrected chi connectivity index (χ0v) is 13.7. The van der Waals surface area contributed by atoms with Crippen LogP contribution in [-0.4, -0.2) is 2.74 Å². The van der Waals surface area contributed by atoms with Crippen molar-refractivity contribution in [2.24, 2.45) is 0 Å². The summed E-state index contributed by atoms with van der Waals surface area (Å²) in [4.78, 5) is 4.26. The molecule has 0 atom stereocenters. The van der Waals surface area contributed by atoms with E-state index < -0.39 is 0 Å². The van der Waals surface area contributed by atoms with Crippen LogP contribution in [0.15, 0.2) is 14.7 Å². The molecular weight excluding hydrogens is 408 g/mol. The fourth-order valence-electron chi connectivity index (χ4n) is 0.986. The fraction of sp³-hybridized carbons (Fsp3) is 0.500. The minimum absolute atomic E-state index is 0. The van der Waals surface area contributed by atoms with Crippen LogP contribution in [0.5, 0.6) is 0 Å². The Morgan fingerprint density at radius 3 is 1.92 bits per heavy atom. The molecule has 2 aliphatic rings. The molecule has 72 valence electrons. The van der Waals surface area contributed by atoms with Crippen LogP contribution in [0.2, 0.25) is 0 Å². The summed E-state index contributed by atoms with van der Waals surface area (Å²) in [5, 5.41) is 3.32. The quantitative estimate of drug-likeness (QED) is 0.534. The van der Waals surface area contributed by atoms with Crippen molar-refractivity contribution in [1.29, 1.82) is 0 Å². The number of thioether (sulfide) groups is 4. The van der Waals surface area contributed by atoms with Gasteiger partial charge in [0.25, 0.3) is 0 Å². The summed E-state index contributed by atoms with van der Waals surface area (Å²) >= 11 is 7.71. The molecule has 2 aliphatic heterocycles. The van der Waals surface area contributed by atoms with E-state index in [1.807, 2.05) is 47.0 Å².